The molecule has 2 aromatic rings. The summed E-state index contributed by atoms with van der Waals surface area (Å²) in [6, 6.07) is 7.04. The van der Waals surface area contributed by atoms with E-state index in [1.54, 1.807) is 38.2 Å². The first-order valence-corrected chi connectivity index (χ1v) is 9.75. The first-order chi connectivity index (χ1) is 13.9. The predicted octanol–water partition coefficient (Wildman–Crippen LogP) is 3.09. The van der Waals surface area contributed by atoms with Gasteiger partial charge in [-0.15, -0.1) is 0 Å². The zero-order valence-electron chi connectivity index (χ0n) is 16.4. The Morgan fingerprint density at radius 1 is 1.21 bits per heavy atom. The van der Waals surface area contributed by atoms with Gasteiger partial charge in [0.05, 0.1) is 11.9 Å². The summed E-state index contributed by atoms with van der Waals surface area (Å²) in [6.07, 6.45) is 5.12. The summed E-state index contributed by atoms with van der Waals surface area (Å²) in [4.78, 5) is 47.4. The Hall–Kier alpha value is -2.80. The summed E-state index contributed by atoms with van der Waals surface area (Å²) in [5.74, 6) is -1.31. The Morgan fingerprint density at radius 2 is 1.97 bits per heavy atom. The Bertz CT molecular complexity index is 932. The van der Waals surface area contributed by atoms with Crippen molar-refractivity contribution in [1.82, 2.24) is 14.9 Å². The summed E-state index contributed by atoms with van der Waals surface area (Å²) in [7, 11) is 1.55. The number of amides is 1. The second-order valence-electron chi connectivity index (χ2n) is 7.04. The van der Waals surface area contributed by atoms with E-state index in [9.17, 15) is 14.4 Å². The molecule has 1 aliphatic carbocycles. The minimum atomic E-state index is -1.16. The number of hydrogen-bond donors (Lipinski definition) is 0. The predicted molar refractivity (Wildman–Crippen MR) is 106 cm³/mol. The Kier molecular flexibility index (Phi) is 6.27. The molecule has 1 amide bonds. The van der Waals surface area contributed by atoms with Crippen molar-refractivity contribution >= 4 is 29.3 Å². The summed E-state index contributed by atoms with van der Waals surface area (Å²) in [5, 5.41) is 0.425. The molecule has 1 unspecified atom stereocenters. The maximum Gasteiger partial charge on any atom is 0.359 e. The molecule has 0 bridgehead atoms. The number of hydrogen-bond acceptors (Lipinski definition) is 6. The largest absolute Gasteiger partial charge is 0.451 e. The van der Waals surface area contributed by atoms with Crippen LogP contribution in [0.15, 0.2) is 36.7 Å². The Labute approximate surface area is 174 Å². The first-order valence-electron chi connectivity index (χ1n) is 9.37. The number of aryl methyl sites for hydroxylation is 1. The fourth-order valence-corrected chi connectivity index (χ4v) is 3.93. The lowest BCUT2D eigenvalue weighted by molar-refractivity contribution is -0.150. The number of carbonyl (C=O) groups is 3. The van der Waals surface area contributed by atoms with Crippen LogP contribution < -0.4 is 0 Å². The van der Waals surface area contributed by atoms with Gasteiger partial charge in [-0.1, -0.05) is 29.8 Å². The third kappa shape index (κ3) is 4.15. The van der Waals surface area contributed by atoms with Crippen molar-refractivity contribution < 1.29 is 19.1 Å². The molecule has 3 rings (SSSR count). The van der Waals surface area contributed by atoms with Crippen molar-refractivity contribution in [3.05, 3.63) is 58.6 Å². The molecule has 1 aromatic heterocycles. The number of nitrogens with zero attached hydrogens (tertiary/aromatic N) is 3. The van der Waals surface area contributed by atoms with Gasteiger partial charge in [-0.3, -0.25) is 14.6 Å². The Morgan fingerprint density at radius 3 is 2.62 bits per heavy atom. The maximum atomic E-state index is 13.0. The molecule has 0 aliphatic heterocycles. The van der Waals surface area contributed by atoms with Crippen molar-refractivity contribution in [2.75, 3.05) is 13.7 Å². The van der Waals surface area contributed by atoms with Crippen LogP contribution in [0.4, 0.5) is 0 Å². The SMILES string of the molecule is Cc1cnc(C(=O)OCC(=O)N(C)C2(c3ccccc3Cl)CCCCC2=O)cn1. The standard InChI is InChI=1S/C21H22ClN3O4/c1-14-11-24-17(12-23-14)20(28)29-13-19(27)25(2)21(10-6-5-9-18(21)26)15-7-3-4-8-16(15)22/h3-4,7-8,11-12H,5-6,9-10,13H2,1-2H3. The second-order valence-corrected chi connectivity index (χ2v) is 7.45. The number of benzene rings is 1. The Balaban J connectivity index is 1.81. The monoisotopic (exact) mass is 415 g/mol. The fraction of sp³-hybridized carbons (Fsp3) is 0.381. The number of carbonyl (C=O) groups excluding carboxylic acids is 3. The van der Waals surface area contributed by atoms with Crippen molar-refractivity contribution in [1.29, 1.82) is 0 Å². The zero-order valence-corrected chi connectivity index (χ0v) is 17.1. The van der Waals surface area contributed by atoms with Crippen LogP contribution in [0.1, 0.15) is 47.4 Å². The van der Waals surface area contributed by atoms with Crippen molar-refractivity contribution in [2.45, 2.75) is 38.1 Å². The van der Waals surface area contributed by atoms with Gasteiger partial charge in [0.15, 0.2) is 18.1 Å². The maximum absolute atomic E-state index is 13.0. The van der Waals surface area contributed by atoms with Gasteiger partial charge in [0.25, 0.3) is 5.91 Å². The van der Waals surface area contributed by atoms with Gasteiger partial charge in [-0.25, -0.2) is 9.78 Å². The van der Waals surface area contributed by atoms with Crippen LogP contribution in [0.5, 0.6) is 0 Å². The van der Waals surface area contributed by atoms with Gasteiger partial charge in [0, 0.05) is 30.3 Å². The molecular weight excluding hydrogens is 394 g/mol. The van der Waals surface area contributed by atoms with Crippen LogP contribution >= 0.6 is 11.6 Å². The molecule has 152 valence electrons. The van der Waals surface area contributed by atoms with E-state index < -0.39 is 24.0 Å². The molecule has 0 radical (unpaired) electrons. The normalized spacial score (nSPS) is 18.9. The highest BCUT2D eigenvalue weighted by Gasteiger charge is 2.48. The van der Waals surface area contributed by atoms with Crippen LogP contribution in [-0.4, -0.2) is 46.2 Å². The zero-order chi connectivity index (χ0) is 21.0. The number of halogens is 1. The van der Waals surface area contributed by atoms with Crippen LogP contribution in [0.2, 0.25) is 5.02 Å². The molecule has 7 nitrogen and oxygen atoms in total. The van der Waals surface area contributed by atoms with E-state index in [0.29, 0.717) is 29.1 Å². The van der Waals surface area contributed by atoms with E-state index in [0.717, 1.165) is 12.8 Å². The van der Waals surface area contributed by atoms with Gasteiger partial charge in [0.1, 0.15) is 5.54 Å². The topological polar surface area (TPSA) is 89.5 Å². The highest BCUT2D eigenvalue weighted by Crippen LogP contribution is 2.42. The molecule has 29 heavy (non-hydrogen) atoms. The number of ketones is 1. The average molecular weight is 416 g/mol. The molecule has 1 heterocycles. The third-order valence-corrected chi connectivity index (χ3v) is 5.57. The van der Waals surface area contributed by atoms with E-state index in [4.69, 9.17) is 16.3 Å². The molecule has 1 fully saturated rings. The van der Waals surface area contributed by atoms with E-state index in [1.807, 2.05) is 0 Å². The highest BCUT2D eigenvalue weighted by atomic mass is 35.5. The molecule has 0 saturated heterocycles. The number of ether oxygens (including phenoxy) is 1. The second kappa shape index (κ2) is 8.69. The fourth-order valence-electron chi connectivity index (χ4n) is 3.64. The van der Waals surface area contributed by atoms with Crippen molar-refractivity contribution in [3.8, 4) is 0 Å². The number of likely N-dealkylation sites (N-methyl/N-ethyl adjacent to an activating group) is 1. The number of Topliss-reactive ketones (excluding diaryl/α,β-unsaturated/α-hetero) is 1. The number of aromatic nitrogens is 2. The lowest BCUT2D eigenvalue weighted by Crippen LogP contribution is -2.55. The third-order valence-electron chi connectivity index (χ3n) is 5.24. The summed E-state index contributed by atoms with van der Waals surface area (Å²) >= 11 is 6.39. The van der Waals surface area contributed by atoms with Crippen LogP contribution in [-0.2, 0) is 19.9 Å². The molecule has 8 heteroatoms. The van der Waals surface area contributed by atoms with Crippen LogP contribution in [0.25, 0.3) is 0 Å². The minimum Gasteiger partial charge on any atom is -0.451 e. The molecule has 1 saturated carbocycles. The van der Waals surface area contributed by atoms with E-state index in [-0.39, 0.29) is 11.5 Å². The highest BCUT2D eigenvalue weighted by molar-refractivity contribution is 6.31. The van der Waals surface area contributed by atoms with Gasteiger partial charge in [0.2, 0.25) is 0 Å². The van der Waals surface area contributed by atoms with E-state index in [2.05, 4.69) is 9.97 Å². The van der Waals surface area contributed by atoms with Crippen LogP contribution in [0.3, 0.4) is 0 Å². The van der Waals surface area contributed by atoms with E-state index >= 15 is 0 Å². The van der Waals surface area contributed by atoms with Gasteiger partial charge in [-0.2, -0.15) is 0 Å². The molecular formula is C21H22ClN3O4. The van der Waals surface area contributed by atoms with Crippen LogP contribution in [0, 0.1) is 6.92 Å². The summed E-state index contributed by atoms with van der Waals surface area (Å²) in [6.45, 7) is 1.24. The molecule has 1 aromatic carbocycles. The summed E-state index contributed by atoms with van der Waals surface area (Å²) in [5.41, 5.74) is 0.109. The average Bonchev–Trinajstić information content (AvgIpc) is 2.73. The molecule has 0 N–H and O–H groups in total. The van der Waals surface area contributed by atoms with Crippen molar-refractivity contribution in [3.63, 3.8) is 0 Å². The van der Waals surface area contributed by atoms with Crippen molar-refractivity contribution in [2.24, 2.45) is 0 Å². The molecule has 1 aliphatic rings. The van der Waals surface area contributed by atoms with Gasteiger partial charge in [-0.05, 0) is 32.3 Å². The first kappa shape index (κ1) is 20.9. The minimum absolute atomic E-state index is 0.0145. The van der Waals surface area contributed by atoms with Gasteiger partial charge >= 0.3 is 5.97 Å². The molecule has 1 atom stereocenters. The quantitative estimate of drug-likeness (QED) is 0.697. The van der Waals surface area contributed by atoms with Gasteiger partial charge < -0.3 is 9.64 Å². The molecule has 0 spiro atoms. The summed E-state index contributed by atoms with van der Waals surface area (Å²) < 4.78 is 5.11. The number of esters is 1. The lowest BCUT2D eigenvalue weighted by Gasteiger charge is -2.43. The van der Waals surface area contributed by atoms with E-state index in [1.165, 1.54) is 17.3 Å². The smallest absolute Gasteiger partial charge is 0.359 e. The lowest BCUT2D eigenvalue weighted by atomic mass is 9.74. The number of rotatable bonds is 5.